The van der Waals surface area contributed by atoms with Crippen molar-refractivity contribution in [2.24, 2.45) is 5.41 Å². The van der Waals surface area contributed by atoms with Crippen LogP contribution < -0.4 is 0 Å². The smallest absolute Gasteiger partial charge is 0.233 e. The highest BCUT2D eigenvalue weighted by Crippen LogP contribution is 2.40. The van der Waals surface area contributed by atoms with Crippen LogP contribution in [0.3, 0.4) is 0 Å². The highest BCUT2D eigenvalue weighted by Gasteiger charge is 2.49. The molecule has 6 nitrogen and oxygen atoms in total. The van der Waals surface area contributed by atoms with E-state index in [2.05, 4.69) is 16.9 Å². The number of hydrogen-bond donors (Lipinski definition) is 0. The minimum atomic E-state index is -0.336. The van der Waals surface area contributed by atoms with Crippen LogP contribution in [0, 0.1) is 5.41 Å². The van der Waals surface area contributed by atoms with Crippen molar-refractivity contribution in [2.75, 3.05) is 31.9 Å². The van der Waals surface area contributed by atoms with E-state index >= 15 is 0 Å². The fraction of sp³-hybridized carbons (Fsp3) is 0.647. The zero-order chi connectivity index (χ0) is 17.0. The fourth-order valence-corrected chi connectivity index (χ4v) is 4.38. The second-order valence-corrected chi connectivity index (χ2v) is 7.50. The minimum absolute atomic E-state index is 0.0738. The topological polar surface area (TPSA) is 66.4 Å². The Hall–Kier alpha value is -1.63. The van der Waals surface area contributed by atoms with Crippen LogP contribution in [0.15, 0.2) is 23.6 Å². The van der Waals surface area contributed by atoms with Gasteiger partial charge >= 0.3 is 0 Å². The summed E-state index contributed by atoms with van der Waals surface area (Å²) < 4.78 is 0. The van der Waals surface area contributed by atoms with Crippen molar-refractivity contribution in [3.8, 4) is 0 Å². The summed E-state index contributed by atoms with van der Waals surface area (Å²) in [5.74, 6) is 0.655. The molecule has 2 aliphatic rings. The predicted molar refractivity (Wildman–Crippen MR) is 92.5 cm³/mol. The van der Waals surface area contributed by atoms with Gasteiger partial charge in [-0.15, -0.1) is 0 Å². The second kappa shape index (κ2) is 7.51. The predicted octanol–water partition coefficient (Wildman–Crippen LogP) is 1.82. The summed E-state index contributed by atoms with van der Waals surface area (Å²) in [5, 5.41) is 0.614. The van der Waals surface area contributed by atoms with Crippen molar-refractivity contribution in [3.05, 3.63) is 18.5 Å². The van der Waals surface area contributed by atoms with Gasteiger partial charge in [-0.05, 0) is 31.7 Å². The lowest BCUT2D eigenvalue weighted by molar-refractivity contribution is -0.146. The number of carbonyl (C=O) groups is 2. The summed E-state index contributed by atoms with van der Waals surface area (Å²) in [5.41, 5.74) is -0.336. The molecule has 24 heavy (non-hydrogen) atoms. The number of thioether (sulfide) groups is 1. The average molecular weight is 348 g/mol. The first-order chi connectivity index (χ1) is 11.6. The van der Waals surface area contributed by atoms with E-state index in [0.717, 1.165) is 38.8 Å². The van der Waals surface area contributed by atoms with Crippen molar-refractivity contribution in [1.82, 2.24) is 19.8 Å². The van der Waals surface area contributed by atoms with Gasteiger partial charge in [-0.3, -0.25) is 9.59 Å². The Balaban J connectivity index is 1.58. The lowest BCUT2D eigenvalue weighted by Crippen LogP contribution is -2.50. The molecule has 0 bridgehead atoms. The van der Waals surface area contributed by atoms with E-state index in [1.165, 1.54) is 11.8 Å². The van der Waals surface area contributed by atoms with Gasteiger partial charge in [-0.1, -0.05) is 18.7 Å². The van der Waals surface area contributed by atoms with Gasteiger partial charge in [0, 0.05) is 38.6 Å². The molecule has 0 aromatic carbocycles. The third kappa shape index (κ3) is 3.55. The molecule has 2 fully saturated rings. The van der Waals surface area contributed by atoms with Gasteiger partial charge in [-0.2, -0.15) is 0 Å². The molecular weight excluding hydrogens is 324 g/mol. The maximum Gasteiger partial charge on any atom is 0.233 e. The Labute approximate surface area is 147 Å². The molecule has 0 saturated carbocycles. The molecule has 3 rings (SSSR count). The van der Waals surface area contributed by atoms with Crippen LogP contribution in [0.25, 0.3) is 0 Å². The molecule has 3 heterocycles. The first-order valence-corrected chi connectivity index (χ1v) is 9.60. The van der Waals surface area contributed by atoms with Crippen molar-refractivity contribution in [1.29, 1.82) is 0 Å². The second-order valence-electron chi connectivity index (χ2n) is 6.56. The van der Waals surface area contributed by atoms with Crippen LogP contribution in [-0.4, -0.2) is 63.5 Å². The summed E-state index contributed by atoms with van der Waals surface area (Å²) in [4.78, 5) is 37.4. The van der Waals surface area contributed by atoms with Crippen molar-refractivity contribution >= 4 is 23.6 Å². The lowest BCUT2D eigenvalue weighted by atomic mass is 9.78. The Morgan fingerprint density at radius 3 is 2.83 bits per heavy atom. The number of likely N-dealkylation sites (tertiary alicyclic amines) is 2. The summed E-state index contributed by atoms with van der Waals surface area (Å²) in [6, 6.07) is 1.76. The molecule has 2 amide bonds. The van der Waals surface area contributed by atoms with Crippen LogP contribution in [0.1, 0.15) is 32.6 Å². The zero-order valence-corrected chi connectivity index (χ0v) is 14.9. The number of aromatic nitrogens is 2. The van der Waals surface area contributed by atoms with E-state index in [0.29, 0.717) is 24.0 Å². The maximum atomic E-state index is 12.8. The molecule has 1 aromatic heterocycles. The van der Waals surface area contributed by atoms with Crippen molar-refractivity contribution in [3.63, 3.8) is 0 Å². The largest absolute Gasteiger partial charge is 0.342 e. The third-order valence-corrected chi connectivity index (χ3v) is 5.75. The van der Waals surface area contributed by atoms with Gasteiger partial charge in [-0.25, -0.2) is 9.97 Å². The summed E-state index contributed by atoms with van der Waals surface area (Å²) in [6.45, 7) is 5.04. The highest BCUT2D eigenvalue weighted by molar-refractivity contribution is 7.99. The summed E-state index contributed by atoms with van der Waals surface area (Å²) in [7, 11) is 0. The average Bonchev–Trinajstić information content (AvgIpc) is 3.03. The van der Waals surface area contributed by atoms with E-state index in [-0.39, 0.29) is 17.2 Å². The van der Waals surface area contributed by atoms with Gasteiger partial charge < -0.3 is 9.80 Å². The standard InChI is InChI=1S/C17H24N4O2S/c1-2-9-20-10-3-5-17(15(20)23)6-11-21(13-17)14(22)12-24-16-18-7-4-8-19-16/h4,7-8H,2-3,5-6,9-13H2,1H3. The van der Waals surface area contributed by atoms with Crippen LogP contribution in [0.2, 0.25) is 0 Å². The number of rotatable bonds is 5. The molecule has 2 aliphatic heterocycles. The van der Waals surface area contributed by atoms with Crippen LogP contribution in [-0.2, 0) is 9.59 Å². The van der Waals surface area contributed by atoms with Gasteiger partial charge in [0.15, 0.2) is 5.16 Å². The Bertz CT molecular complexity index is 596. The maximum absolute atomic E-state index is 12.8. The van der Waals surface area contributed by atoms with Crippen molar-refractivity contribution in [2.45, 2.75) is 37.8 Å². The first kappa shape index (κ1) is 17.2. The van der Waals surface area contributed by atoms with Gasteiger partial charge in [0.2, 0.25) is 11.8 Å². The molecule has 0 N–H and O–H groups in total. The van der Waals surface area contributed by atoms with Gasteiger partial charge in [0.05, 0.1) is 11.2 Å². The molecule has 2 saturated heterocycles. The minimum Gasteiger partial charge on any atom is -0.342 e. The van der Waals surface area contributed by atoms with Crippen LogP contribution in [0.4, 0.5) is 0 Å². The van der Waals surface area contributed by atoms with E-state index in [1.807, 2.05) is 9.80 Å². The van der Waals surface area contributed by atoms with E-state index in [9.17, 15) is 9.59 Å². The first-order valence-electron chi connectivity index (χ1n) is 8.61. The van der Waals surface area contributed by atoms with E-state index in [4.69, 9.17) is 0 Å². The Morgan fingerprint density at radius 2 is 2.08 bits per heavy atom. The quantitative estimate of drug-likeness (QED) is 0.600. The number of hydrogen-bond acceptors (Lipinski definition) is 5. The normalized spacial score (nSPS) is 24.0. The molecule has 0 radical (unpaired) electrons. The van der Waals surface area contributed by atoms with Crippen LogP contribution in [0.5, 0.6) is 0 Å². The SMILES string of the molecule is CCCN1CCCC2(CCN(C(=O)CSc3ncccn3)C2)C1=O. The zero-order valence-electron chi connectivity index (χ0n) is 14.1. The fourth-order valence-electron chi connectivity index (χ4n) is 3.68. The molecular formula is C17H24N4O2S. The van der Waals surface area contributed by atoms with E-state index < -0.39 is 0 Å². The van der Waals surface area contributed by atoms with Crippen molar-refractivity contribution < 1.29 is 9.59 Å². The number of carbonyl (C=O) groups excluding carboxylic acids is 2. The lowest BCUT2D eigenvalue weighted by Gasteiger charge is -2.39. The monoisotopic (exact) mass is 348 g/mol. The van der Waals surface area contributed by atoms with E-state index in [1.54, 1.807) is 18.5 Å². The number of amides is 2. The summed E-state index contributed by atoms with van der Waals surface area (Å²) in [6.07, 6.45) is 7.08. The molecule has 1 aromatic rings. The molecule has 0 aliphatic carbocycles. The summed E-state index contributed by atoms with van der Waals surface area (Å²) >= 11 is 1.35. The Kier molecular flexibility index (Phi) is 5.38. The molecule has 1 spiro atoms. The molecule has 7 heteroatoms. The molecule has 130 valence electrons. The van der Waals surface area contributed by atoms with Crippen LogP contribution >= 0.6 is 11.8 Å². The number of nitrogens with zero attached hydrogens (tertiary/aromatic N) is 4. The number of piperidine rings is 1. The van der Waals surface area contributed by atoms with Gasteiger partial charge in [0.1, 0.15) is 0 Å². The molecule has 1 unspecified atom stereocenters. The Morgan fingerprint density at radius 1 is 1.29 bits per heavy atom. The van der Waals surface area contributed by atoms with Gasteiger partial charge in [0.25, 0.3) is 0 Å². The highest BCUT2D eigenvalue weighted by atomic mass is 32.2. The third-order valence-electron chi connectivity index (χ3n) is 4.89. The molecule has 1 atom stereocenters.